The molecule has 216 valence electrons. The summed E-state index contributed by atoms with van der Waals surface area (Å²) in [7, 11) is -9.31. The van der Waals surface area contributed by atoms with E-state index in [0.717, 1.165) is 51.4 Å². The number of benzene rings is 2. The second-order valence-corrected chi connectivity index (χ2v) is 13.7. The summed E-state index contributed by atoms with van der Waals surface area (Å²) in [5, 5.41) is 0. The molecule has 0 N–H and O–H groups in total. The van der Waals surface area contributed by atoms with Gasteiger partial charge in [-0.05, 0) is 74.2 Å². The first-order valence-electron chi connectivity index (χ1n) is 13.8. The van der Waals surface area contributed by atoms with Crippen molar-refractivity contribution in [2.75, 3.05) is 13.2 Å². The Balaban J connectivity index is 2.16. The summed E-state index contributed by atoms with van der Waals surface area (Å²) in [6.07, 6.45) is 10.8. The average molecular weight is 579 g/mol. The van der Waals surface area contributed by atoms with Crippen molar-refractivity contribution in [3.05, 3.63) is 53.1 Å². The minimum Gasteiger partial charge on any atom is -0.493 e. The summed E-state index contributed by atoms with van der Waals surface area (Å²) in [4.78, 5) is 2.14. The smallest absolute Gasteiger partial charge is 0.493 e. The molecule has 0 heterocycles. The number of hydrogen-bond acceptors (Lipinski definition) is 6. The Labute approximate surface area is 234 Å². The SMILES string of the molecule is CCCCCCCOc1ccc(S(=O)(=O)C(=[N+]=[N-])S(=O)(=O)c2ccc(OCCCCCCC)c(C)c2)cc1C. The zero-order valence-corrected chi connectivity index (χ0v) is 25.2. The van der Waals surface area contributed by atoms with Crippen LogP contribution in [0.3, 0.4) is 0 Å². The number of ether oxygens (including phenoxy) is 2. The predicted octanol–water partition coefficient (Wildman–Crippen LogP) is 6.84. The lowest BCUT2D eigenvalue weighted by molar-refractivity contribution is 0.00380. The van der Waals surface area contributed by atoms with Crippen LogP contribution in [-0.4, -0.2) is 39.2 Å². The molecule has 2 aromatic carbocycles. The predicted molar refractivity (Wildman–Crippen MR) is 154 cm³/mol. The Bertz CT molecular complexity index is 1250. The summed E-state index contributed by atoms with van der Waals surface area (Å²) in [6.45, 7) is 8.68. The van der Waals surface area contributed by atoms with Crippen molar-refractivity contribution in [1.82, 2.24) is 0 Å². The molecule has 2 aromatic rings. The molecule has 0 aliphatic carbocycles. The van der Waals surface area contributed by atoms with E-state index in [1.165, 1.54) is 49.2 Å². The maximum Gasteiger partial charge on any atom is 0.504 e. The van der Waals surface area contributed by atoms with Crippen molar-refractivity contribution >= 4 is 24.1 Å². The molecule has 0 spiro atoms. The largest absolute Gasteiger partial charge is 0.504 e. The van der Waals surface area contributed by atoms with Crippen LogP contribution in [0.5, 0.6) is 11.5 Å². The summed E-state index contributed by atoms with van der Waals surface area (Å²) >= 11 is 0. The van der Waals surface area contributed by atoms with E-state index < -0.39 is 24.1 Å². The third-order valence-corrected chi connectivity index (χ3v) is 10.6. The van der Waals surface area contributed by atoms with E-state index in [1.54, 1.807) is 13.8 Å². The fraction of sp³-hybridized carbons (Fsp3) is 0.552. The van der Waals surface area contributed by atoms with Crippen LogP contribution in [0.4, 0.5) is 0 Å². The van der Waals surface area contributed by atoms with Crippen LogP contribution in [-0.2, 0) is 19.7 Å². The molecule has 2 rings (SSSR count). The molecular weight excluding hydrogens is 536 g/mol. The summed E-state index contributed by atoms with van der Waals surface area (Å²) in [5.41, 5.74) is 10.6. The van der Waals surface area contributed by atoms with Gasteiger partial charge in [-0.2, -0.15) is 0 Å². The maximum atomic E-state index is 13.3. The van der Waals surface area contributed by atoms with Gasteiger partial charge >= 0.3 is 4.38 Å². The number of rotatable bonds is 16. The van der Waals surface area contributed by atoms with Gasteiger partial charge in [-0.15, -0.1) is 4.79 Å². The van der Waals surface area contributed by atoms with E-state index in [-0.39, 0.29) is 9.79 Å². The third kappa shape index (κ3) is 9.19. The van der Waals surface area contributed by atoms with Gasteiger partial charge in [0.2, 0.25) is 0 Å². The monoisotopic (exact) mass is 578 g/mol. The normalized spacial score (nSPS) is 11.7. The molecule has 0 aliphatic heterocycles. The Morgan fingerprint density at radius 3 is 1.38 bits per heavy atom. The molecule has 0 unspecified atom stereocenters. The lowest BCUT2D eigenvalue weighted by Crippen LogP contribution is -2.26. The lowest BCUT2D eigenvalue weighted by atomic mass is 10.2. The minimum absolute atomic E-state index is 0.300. The van der Waals surface area contributed by atoms with Gasteiger partial charge in [-0.25, -0.2) is 16.8 Å². The van der Waals surface area contributed by atoms with Crippen molar-refractivity contribution in [3.8, 4) is 11.5 Å². The number of nitrogens with zero attached hydrogens (tertiary/aromatic N) is 2. The van der Waals surface area contributed by atoms with Gasteiger partial charge in [0, 0.05) is 0 Å². The van der Waals surface area contributed by atoms with Crippen molar-refractivity contribution in [1.29, 1.82) is 0 Å². The third-order valence-electron chi connectivity index (χ3n) is 6.47. The summed E-state index contributed by atoms with van der Waals surface area (Å²) < 4.78 is 63.3. The lowest BCUT2D eigenvalue weighted by Gasteiger charge is -2.11. The molecule has 10 heteroatoms. The first-order chi connectivity index (χ1) is 18.6. The van der Waals surface area contributed by atoms with Crippen LogP contribution >= 0.6 is 0 Å². The Morgan fingerprint density at radius 1 is 0.667 bits per heavy atom. The molecule has 8 nitrogen and oxygen atoms in total. The van der Waals surface area contributed by atoms with Crippen LogP contribution in [0, 0.1) is 13.8 Å². The molecular formula is C29H42N2O6S2. The second-order valence-electron chi connectivity index (χ2n) is 9.75. The molecule has 0 amide bonds. The number of unbranched alkanes of at least 4 members (excludes halogenated alkanes) is 8. The van der Waals surface area contributed by atoms with E-state index in [4.69, 9.17) is 9.47 Å². The fourth-order valence-corrected chi connectivity index (χ4v) is 7.64. The van der Waals surface area contributed by atoms with Crippen LogP contribution < -0.4 is 9.47 Å². The van der Waals surface area contributed by atoms with E-state index in [2.05, 4.69) is 18.6 Å². The summed E-state index contributed by atoms with van der Waals surface area (Å²) in [6, 6.07) is 8.16. The molecule has 0 atom stereocenters. The van der Waals surface area contributed by atoms with Gasteiger partial charge < -0.3 is 15.0 Å². The molecule has 0 bridgehead atoms. The van der Waals surface area contributed by atoms with Crippen molar-refractivity contribution in [2.24, 2.45) is 0 Å². The number of sulfone groups is 2. The van der Waals surface area contributed by atoms with Gasteiger partial charge in [0.15, 0.2) is 0 Å². The van der Waals surface area contributed by atoms with Crippen molar-refractivity contribution in [3.63, 3.8) is 0 Å². The molecule has 0 saturated carbocycles. The highest BCUT2D eigenvalue weighted by atomic mass is 32.3. The van der Waals surface area contributed by atoms with E-state index in [1.807, 2.05) is 0 Å². The van der Waals surface area contributed by atoms with Crippen molar-refractivity contribution in [2.45, 2.75) is 102 Å². The van der Waals surface area contributed by atoms with Crippen LogP contribution in [0.25, 0.3) is 5.53 Å². The first kappa shape index (κ1) is 32.5. The molecule has 0 fully saturated rings. The summed E-state index contributed by atoms with van der Waals surface area (Å²) in [5.74, 6) is 1.04. The Morgan fingerprint density at radius 2 is 1.05 bits per heavy atom. The molecule has 0 aliphatic rings. The fourth-order valence-electron chi connectivity index (χ4n) is 4.13. The van der Waals surface area contributed by atoms with Gasteiger partial charge in [0.05, 0.1) is 23.0 Å². The van der Waals surface area contributed by atoms with Crippen LogP contribution in [0.2, 0.25) is 0 Å². The second kappa shape index (κ2) is 15.8. The topological polar surface area (TPSA) is 123 Å². The highest BCUT2D eigenvalue weighted by Crippen LogP contribution is 2.28. The highest BCUT2D eigenvalue weighted by molar-refractivity contribution is 8.31. The number of hydrogen-bond donors (Lipinski definition) is 0. The quantitative estimate of drug-likeness (QED) is 0.0707. The molecule has 39 heavy (non-hydrogen) atoms. The first-order valence-corrected chi connectivity index (χ1v) is 16.7. The van der Waals surface area contributed by atoms with Gasteiger partial charge in [-0.3, -0.25) is 0 Å². The van der Waals surface area contributed by atoms with Crippen molar-refractivity contribution < 1.29 is 31.1 Å². The highest BCUT2D eigenvalue weighted by Gasteiger charge is 2.44. The number of aryl methyl sites for hydroxylation is 2. The zero-order valence-electron chi connectivity index (χ0n) is 23.6. The Kier molecular flexibility index (Phi) is 13.2. The van der Waals surface area contributed by atoms with E-state index >= 15 is 0 Å². The molecule has 0 aromatic heterocycles. The zero-order chi connectivity index (χ0) is 28.9. The van der Waals surface area contributed by atoms with Gasteiger partial charge in [0.1, 0.15) is 11.5 Å². The molecule has 0 saturated heterocycles. The van der Waals surface area contributed by atoms with Crippen LogP contribution in [0.15, 0.2) is 46.2 Å². The van der Waals surface area contributed by atoms with E-state index in [0.29, 0.717) is 35.8 Å². The molecule has 0 radical (unpaired) electrons. The van der Waals surface area contributed by atoms with E-state index in [9.17, 15) is 22.4 Å². The van der Waals surface area contributed by atoms with Gasteiger partial charge in [0.25, 0.3) is 19.7 Å². The van der Waals surface area contributed by atoms with Gasteiger partial charge in [-0.1, -0.05) is 65.2 Å². The minimum atomic E-state index is -4.65. The standard InChI is InChI=1S/C29H42N2O6S2/c1-5-7-9-11-13-19-36-27-17-15-25(21-23(27)3)38(32,33)29(31-30)39(34,35)26-16-18-28(24(4)22-26)37-20-14-12-10-8-6-2/h15-18,21-22H,5-14,19-20H2,1-4H3. The Hall–Kier alpha value is -2.68. The van der Waals surface area contributed by atoms with Crippen LogP contribution in [0.1, 0.15) is 89.2 Å². The average Bonchev–Trinajstić information content (AvgIpc) is 2.89. The maximum absolute atomic E-state index is 13.3.